The Bertz CT molecular complexity index is 945. The van der Waals surface area contributed by atoms with Crippen LogP contribution in [0.1, 0.15) is 64.1 Å². The maximum absolute atomic E-state index is 4.98. The van der Waals surface area contributed by atoms with Gasteiger partial charge in [-0.25, -0.2) is 4.98 Å². The quantitative estimate of drug-likeness (QED) is 0.353. The summed E-state index contributed by atoms with van der Waals surface area (Å²) in [6, 6.07) is 8.73. The number of nitrogens with zero attached hydrogens (tertiary/aromatic N) is 4. The van der Waals surface area contributed by atoms with Crippen molar-refractivity contribution in [2.75, 3.05) is 11.4 Å². The third-order valence-corrected chi connectivity index (χ3v) is 5.92. The first kappa shape index (κ1) is 20.8. The fourth-order valence-corrected chi connectivity index (χ4v) is 4.17. The molecule has 28 heavy (non-hydrogen) atoms. The van der Waals surface area contributed by atoms with Crippen LogP contribution >= 0.6 is 15.9 Å². The van der Waals surface area contributed by atoms with Crippen LogP contribution in [-0.2, 0) is 6.54 Å². The topological polar surface area (TPSA) is 34.0 Å². The van der Waals surface area contributed by atoms with Crippen LogP contribution in [-0.4, -0.2) is 21.1 Å². The molecule has 0 N–H and O–H groups in total. The molecule has 5 heteroatoms. The summed E-state index contributed by atoms with van der Waals surface area (Å²) in [4.78, 5) is 12.0. The lowest BCUT2D eigenvalue weighted by Gasteiger charge is -2.23. The van der Waals surface area contributed by atoms with Crippen molar-refractivity contribution in [1.82, 2.24) is 14.5 Å². The molecule has 0 saturated carbocycles. The molecular weight excluding hydrogens is 412 g/mol. The number of benzene rings is 1. The highest BCUT2D eigenvalue weighted by Gasteiger charge is 2.17. The molecule has 150 valence electrons. The summed E-state index contributed by atoms with van der Waals surface area (Å²) in [5.74, 6) is 1.27. The van der Waals surface area contributed by atoms with Crippen molar-refractivity contribution < 1.29 is 0 Å². The van der Waals surface area contributed by atoms with Crippen LogP contribution in [0.5, 0.6) is 0 Å². The highest BCUT2D eigenvalue weighted by molar-refractivity contribution is 9.10. The molecule has 4 nitrogen and oxygen atoms in total. The number of fused-ring (bicyclic) bond motifs is 1. The van der Waals surface area contributed by atoms with Crippen LogP contribution in [0.25, 0.3) is 11.0 Å². The van der Waals surface area contributed by atoms with Gasteiger partial charge in [-0.3, -0.25) is 0 Å². The Kier molecular flexibility index (Phi) is 6.76. The summed E-state index contributed by atoms with van der Waals surface area (Å²) in [6.45, 7) is 12.7. The molecule has 0 spiro atoms. The van der Waals surface area contributed by atoms with E-state index in [0.29, 0.717) is 5.92 Å². The lowest BCUT2D eigenvalue weighted by atomic mass is 10.0. The van der Waals surface area contributed by atoms with E-state index in [-0.39, 0.29) is 0 Å². The molecule has 0 aliphatic heterocycles. The molecule has 0 saturated heterocycles. The molecule has 1 aromatic carbocycles. The van der Waals surface area contributed by atoms with Crippen LogP contribution in [0.4, 0.5) is 11.6 Å². The second-order valence-electron chi connectivity index (χ2n) is 7.67. The maximum atomic E-state index is 4.98. The molecule has 0 unspecified atom stereocenters. The first-order valence-corrected chi connectivity index (χ1v) is 11.2. The third kappa shape index (κ3) is 4.24. The Morgan fingerprint density at radius 3 is 2.54 bits per heavy atom. The number of unbranched alkanes of at least 4 members (excludes halogenated alkanes) is 2. The van der Waals surface area contributed by atoms with Gasteiger partial charge in [-0.05, 0) is 65.9 Å². The first-order valence-electron chi connectivity index (χ1n) is 10.4. The zero-order valence-corrected chi connectivity index (χ0v) is 19.3. The van der Waals surface area contributed by atoms with E-state index in [4.69, 9.17) is 9.97 Å². The summed E-state index contributed by atoms with van der Waals surface area (Å²) >= 11 is 3.77. The molecule has 3 rings (SSSR count). The summed E-state index contributed by atoms with van der Waals surface area (Å²) in [5.41, 5.74) is 4.49. The Labute approximate surface area is 177 Å². The zero-order chi connectivity index (χ0) is 20.3. The first-order chi connectivity index (χ1) is 13.5. The van der Waals surface area contributed by atoms with Gasteiger partial charge in [-0.15, -0.1) is 0 Å². The number of rotatable bonds is 8. The number of hydrogen-bond acceptors (Lipinski definition) is 3. The van der Waals surface area contributed by atoms with E-state index < -0.39 is 0 Å². The summed E-state index contributed by atoms with van der Waals surface area (Å²) in [6.07, 6.45) is 5.79. The van der Waals surface area contributed by atoms with Crippen molar-refractivity contribution in [3.63, 3.8) is 0 Å². The van der Waals surface area contributed by atoms with Crippen LogP contribution < -0.4 is 4.90 Å². The van der Waals surface area contributed by atoms with Gasteiger partial charge in [0.25, 0.3) is 0 Å². The minimum Gasteiger partial charge on any atom is -0.332 e. The highest BCUT2D eigenvalue weighted by Crippen LogP contribution is 2.34. The van der Waals surface area contributed by atoms with E-state index in [2.05, 4.69) is 90.5 Å². The van der Waals surface area contributed by atoms with Gasteiger partial charge in [0.2, 0.25) is 5.95 Å². The number of anilines is 2. The van der Waals surface area contributed by atoms with Gasteiger partial charge in [0, 0.05) is 29.1 Å². The monoisotopic (exact) mass is 442 g/mol. The van der Waals surface area contributed by atoms with E-state index in [1.807, 2.05) is 0 Å². The number of halogens is 1. The number of aryl methyl sites for hydroxylation is 2. The molecule has 0 atom stereocenters. The lowest BCUT2D eigenvalue weighted by Crippen LogP contribution is -2.20. The van der Waals surface area contributed by atoms with E-state index in [1.54, 1.807) is 0 Å². The van der Waals surface area contributed by atoms with E-state index in [9.17, 15) is 0 Å². The van der Waals surface area contributed by atoms with E-state index in [0.717, 1.165) is 45.9 Å². The Morgan fingerprint density at radius 1 is 1.11 bits per heavy atom. The normalized spacial score (nSPS) is 11.5. The predicted molar refractivity (Wildman–Crippen MR) is 123 cm³/mol. The van der Waals surface area contributed by atoms with E-state index in [1.165, 1.54) is 24.8 Å². The van der Waals surface area contributed by atoms with Crippen molar-refractivity contribution in [2.45, 2.75) is 66.3 Å². The molecule has 3 aromatic rings. The Balaban J connectivity index is 2.01. The number of hydrogen-bond donors (Lipinski definition) is 0. The molecule has 2 heterocycles. The molecule has 0 amide bonds. The fraction of sp³-hybridized carbons (Fsp3) is 0.478. The summed E-state index contributed by atoms with van der Waals surface area (Å²) < 4.78 is 3.36. The van der Waals surface area contributed by atoms with Gasteiger partial charge in [0.1, 0.15) is 5.65 Å². The smallest absolute Gasteiger partial charge is 0.232 e. The van der Waals surface area contributed by atoms with Gasteiger partial charge in [-0.1, -0.05) is 39.7 Å². The highest BCUT2D eigenvalue weighted by atomic mass is 79.9. The van der Waals surface area contributed by atoms with Crippen molar-refractivity contribution in [2.24, 2.45) is 0 Å². The molecule has 0 bridgehead atoms. The van der Waals surface area contributed by atoms with E-state index >= 15 is 0 Å². The van der Waals surface area contributed by atoms with Gasteiger partial charge in [0.15, 0.2) is 0 Å². The molecule has 0 aliphatic rings. The van der Waals surface area contributed by atoms with Crippen molar-refractivity contribution in [1.29, 1.82) is 0 Å². The van der Waals surface area contributed by atoms with Crippen molar-refractivity contribution >= 4 is 38.6 Å². The average molecular weight is 443 g/mol. The second kappa shape index (κ2) is 9.08. The second-order valence-corrected chi connectivity index (χ2v) is 8.53. The molecule has 0 aliphatic carbocycles. The fourth-order valence-electron chi connectivity index (χ4n) is 3.56. The third-order valence-electron chi connectivity index (χ3n) is 5.29. The van der Waals surface area contributed by atoms with Crippen LogP contribution in [0.2, 0.25) is 0 Å². The predicted octanol–water partition coefficient (Wildman–Crippen LogP) is 6.97. The van der Waals surface area contributed by atoms with Crippen LogP contribution in [0.3, 0.4) is 0 Å². The minimum atomic E-state index is 0.502. The van der Waals surface area contributed by atoms with Gasteiger partial charge < -0.3 is 9.47 Å². The standard InChI is InChI=1S/C23H31BrN4/c1-6-8-9-13-27-14-12-19-17(5)25-23(26-22(19)27)28(7-2)21-11-10-18(16(3)4)15-20(21)24/h10-12,14-16H,6-9,13H2,1-5H3. The SMILES string of the molecule is CCCCCn1ccc2c(C)nc(N(CC)c3ccc(C(C)C)cc3Br)nc21. The molecule has 0 fully saturated rings. The Hall–Kier alpha value is -1.88. The summed E-state index contributed by atoms with van der Waals surface area (Å²) in [7, 11) is 0. The molecule has 0 radical (unpaired) electrons. The van der Waals surface area contributed by atoms with Gasteiger partial charge in [-0.2, -0.15) is 4.98 Å². The minimum absolute atomic E-state index is 0.502. The van der Waals surface area contributed by atoms with Crippen LogP contribution in [0.15, 0.2) is 34.9 Å². The van der Waals surface area contributed by atoms with Crippen molar-refractivity contribution in [3.8, 4) is 0 Å². The van der Waals surface area contributed by atoms with Gasteiger partial charge in [0.05, 0.1) is 11.4 Å². The van der Waals surface area contributed by atoms with Crippen molar-refractivity contribution in [3.05, 3.63) is 46.2 Å². The summed E-state index contributed by atoms with van der Waals surface area (Å²) in [5, 5.41) is 1.14. The van der Waals surface area contributed by atoms with Gasteiger partial charge >= 0.3 is 0 Å². The zero-order valence-electron chi connectivity index (χ0n) is 17.7. The molecule has 2 aromatic heterocycles. The largest absolute Gasteiger partial charge is 0.332 e. The number of aromatic nitrogens is 3. The maximum Gasteiger partial charge on any atom is 0.232 e. The Morgan fingerprint density at radius 2 is 1.89 bits per heavy atom. The lowest BCUT2D eigenvalue weighted by molar-refractivity contribution is 0.613. The molecular formula is C23H31BrN4. The van der Waals surface area contributed by atoms with Crippen LogP contribution in [0, 0.1) is 6.92 Å². The average Bonchev–Trinajstić information content (AvgIpc) is 3.07.